The van der Waals surface area contributed by atoms with Crippen LogP contribution in [0, 0.1) is 11.3 Å². The van der Waals surface area contributed by atoms with Gasteiger partial charge in [0, 0.05) is 12.0 Å². The summed E-state index contributed by atoms with van der Waals surface area (Å²) >= 11 is 0. The van der Waals surface area contributed by atoms with Crippen molar-refractivity contribution in [1.29, 1.82) is 0 Å². The Labute approximate surface area is 123 Å². The minimum atomic E-state index is -1.08. The Kier molecular flexibility index (Phi) is 7.41. The van der Waals surface area contributed by atoms with Gasteiger partial charge in [-0.3, -0.25) is 9.59 Å². The van der Waals surface area contributed by atoms with Crippen LogP contribution in [-0.4, -0.2) is 33.2 Å². The zero-order chi connectivity index (χ0) is 16.6. The van der Waals surface area contributed by atoms with Crippen molar-refractivity contribution >= 4 is 17.9 Å². The first-order chi connectivity index (χ1) is 9.58. The van der Waals surface area contributed by atoms with Crippen LogP contribution >= 0.6 is 0 Å². The van der Waals surface area contributed by atoms with E-state index in [9.17, 15) is 14.4 Å². The van der Waals surface area contributed by atoms with Crippen molar-refractivity contribution in [1.82, 2.24) is 0 Å². The molecule has 0 saturated carbocycles. The second-order valence-corrected chi connectivity index (χ2v) is 5.58. The van der Waals surface area contributed by atoms with E-state index in [1.807, 2.05) is 13.8 Å². The van der Waals surface area contributed by atoms with Crippen molar-refractivity contribution in [3.63, 3.8) is 0 Å². The normalized spacial score (nSPS) is 20.3. The largest absolute Gasteiger partial charge is 0.481 e. The summed E-state index contributed by atoms with van der Waals surface area (Å²) in [5, 5.41) is 25.6. The fraction of sp³-hybridized carbons (Fsp3) is 0.533. The van der Waals surface area contributed by atoms with Gasteiger partial charge in [0.2, 0.25) is 0 Å². The second-order valence-electron chi connectivity index (χ2n) is 5.58. The summed E-state index contributed by atoms with van der Waals surface area (Å²) in [6, 6.07) is 0. The summed E-state index contributed by atoms with van der Waals surface area (Å²) in [7, 11) is 0. The predicted molar refractivity (Wildman–Crippen MR) is 76.9 cm³/mol. The molecule has 6 heteroatoms. The van der Waals surface area contributed by atoms with Crippen LogP contribution in [0.2, 0.25) is 0 Å². The van der Waals surface area contributed by atoms with Gasteiger partial charge < -0.3 is 15.3 Å². The Balaban J connectivity index is 0.000000433. The number of hydrogen-bond acceptors (Lipinski definition) is 3. The lowest BCUT2D eigenvalue weighted by Gasteiger charge is -2.23. The third-order valence-electron chi connectivity index (χ3n) is 3.02. The summed E-state index contributed by atoms with van der Waals surface area (Å²) < 4.78 is 0. The molecule has 0 aromatic carbocycles. The van der Waals surface area contributed by atoms with Crippen LogP contribution in [0.3, 0.4) is 0 Å². The number of aliphatic carboxylic acids is 3. The monoisotopic (exact) mass is 298 g/mol. The highest BCUT2D eigenvalue weighted by molar-refractivity contribution is 5.90. The van der Waals surface area contributed by atoms with Crippen LogP contribution in [0.1, 0.15) is 40.0 Å². The van der Waals surface area contributed by atoms with Crippen LogP contribution in [0.5, 0.6) is 0 Å². The molecule has 0 saturated heterocycles. The van der Waals surface area contributed by atoms with E-state index in [4.69, 9.17) is 15.3 Å². The standard InChI is InChI=1S/C9H10O4.C6H12O2/c1-9(8(12)13)4-2-3-6(5-9)7(10)11;1-5(2)3-4-6(7)8/h2-4H,5H2,1H3,(H,10,11)(H,12,13);5H,3-4H2,1-2H3,(H,7,8). The molecule has 1 aliphatic rings. The maximum atomic E-state index is 10.8. The van der Waals surface area contributed by atoms with Crippen molar-refractivity contribution in [3.05, 3.63) is 23.8 Å². The molecule has 118 valence electrons. The zero-order valence-corrected chi connectivity index (χ0v) is 12.5. The lowest BCUT2D eigenvalue weighted by molar-refractivity contribution is -0.145. The second kappa shape index (κ2) is 8.24. The molecule has 0 aromatic heterocycles. The van der Waals surface area contributed by atoms with E-state index in [-0.39, 0.29) is 12.0 Å². The van der Waals surface area contributed by atoms with Crippen molar-refractivity contribution in [2.45, 2.75) is 40.0 Å². The number of rotatable bonds is 5. The fourth-order valence-corrected chi connectivity index (χ4v) is 1.60. The Hall–Kier alpha value is -2.11. The molecule has 21 heavy (non-hydrogen) atoms. The van der Waals surface area contributed by atoms with E-state index >= 15 is 0 Å². The maximum absolute atomic E-state index is 10.8. The van der Waals surface area contributed by atoms with Gasteiger partial charge >= 0.3 is 17.9 Å². The third-order valence-corrected chi connectivity index (χ3v) is 3.02. The molecule has 6 nitrogen and oxygen atoms in total. The fourth-order valence-electron chi connectivity index (χ4n) is 1.60. The van der Waals surface area contributed by atoms with Crippen LogP contribution in [0.15, 0.2) is 23.8 Å². The van der Waals surface area contributed by atoms with Gasteiger partial charge in [-0.05, 0) is 25.7 Å². The van der Waals surface area contributed by atoms with Crippen LogP contribution in [-0.2, 0) is 14.4 Å². The van der Waals surface area contributed by atoms with Crippen molar-refractivity contribution in [3.8, 4) is 0 Å². The molecule has 1 aliphatic carbocycles. The van der Waals surface area contributed by atoms with Crippen LogP contribution in [0.25, 0.3) is 0 Å². The number of carboxylic acid groups (broad SMARTS) is 3. The molecule has 0 aliphatic heterocycles. The molecular formula is C15H22O6. The van der Waals surface area contributed by atoms with Crippen molar-refractivity contribution in [2.75, 3.05) is 0 Å². The molecule has 1 rings (SSSR count). The lowest BCUT2D eigenvalue weighted by Crippen LogP contribution is -2.28. The molecule has 0 fully saturated rings. The molecule has 0 spiro atoms. The lowest BCUT2D eigenvalue weighted by atomic mass is 9.80. The third kappa shape index (κ3) is 7.29. The summed E-state index contributed by atoms with van der Waals surface area (Å²) in [5.41, 5.74) is -0.949. The summed E-state index contributed by atoms with van der Waals surface area (Å²) in [6.45, 7) is 5.54. The molecule has 3 N–H and O–H groups in total. The molecule has 0 bridgehead atoms. The molecule has 1 unspecified atom stereocenters. The number of carbonyl (C=O) groups is 3. The van der Waals surface area contributed by atoms with Gasteiger partial charge in [-0.15, -0.1) is 0 Å². The highest BCUT2D eigenvalue weighted by atomic mass is 16.4. The van der Waals surface area contributed by atoms with Crippen LogP contribution in [0.4, 0.5) is 0 Å². The zero-order valence-electron chi connectivity index (χ0n) is 12.5. The van der Waals surface area contributed by atoms with E-state index in [1.165, 1.54) is 25.2 Å². The van der Waals surface area contributed by atoms with Crippen molar-refractivity contribution in [2.24, 2.45) is 11.3 Å². The highest BCUT2D eigenvalue weighted by Crippen LogP contribution is 2.31. The molecule has 0 amide bonds. The van der Waals surface area contributed by atoms with Gasteiger partial charge in [0.1, 0.15) is 0 Å². The number of allylic oxidation sites excluding steroid dienone is 2. The van der Waals surface area contributed by atoms with E-state index in [0.29, 0.717) is 12.3 Å². The average Bonchev–Trinajstić information content (AvgIpc) is 2.37. The Morgan fingerprint density at radius 3 is 2.14 bits per heavy atom. The van der Waals surface area contributed by atoms with Gasteiger partial charge in [-0.2, -0.15) is 0 Å². The van der Waals surface area contributed by atoms with Crippen LogP contribution < -0.4 is 0 Å². The quantitative estimate of drug-likeness (QED) is 0.719. The molecular weight excluding hydrogens is 276 g/mol. The SMILES string of the molecule is CC(C)CCC(=O)O.CC1(C(=O)O)C=CC=C(C(=O)O)C1. The van der Waals surface area contributed by atoms with E-state index in [0.717, 1.165) is 6.42 Å². The molecule has 0 aromatic rings. The van der Waals surface area contributed by atoms with Gasteiger partial charge in [0.05, 0.1) is 5.41 Å². The summed E-state index contributed by atoms with van der Waals surface area (Å²) in [4.78, 5) is 31.2. The predicted octanol–water partition coefficient (Wildman–Crippen LogP) is 2.56. The minimum absolute atomic E-state index is 0.0359. The smallest absolute Gasteiger partial charge is 0.331 e. The van der Waals surface area contributed by atoms with Gasteiger partial charge in [0.25, 0.3) is 0 Å². The van der Waals surface area contributed by atoms with Gasteiger partial charge in [-0.25, -0.2) is 4.79 Å². The first-order valence-corrected chi connectivity index (χ1v) is 6.65. The first kappa shape index (κ1) is 18.9. The topological polar surface area (TPSA) is 112 Å². The molecule has 0 heterocycles. The molecule has 1 atom stereocenters. The maximum Gasteiger partial charge on any atom is 0.331 e. The Morgan fingerprint density at radius 1 is 1.24 bits per heavy atom. The van der Waals surface area contributed by atoms with Gasteiger partial charge in [-0.1, -0.05) is 32.1 Å². The Morgan fingerprint density at radius 2 is 1.81 bits per heavy atom. The number of hydrogen-bond donors (Lipinski definition) is 3. The molecule has 0 radical (unpaired) electrons. The van der Waals surface area contributed by atoms with Gasteiger partial charge in [0.15, 0.2) is 0 Å². The van der Waals surface area contributed by atoms with E-state index in [1.54, 1.807) is 0 Å². The Bertz CT molecular complexity index is 461. The van der Waals surface area contributed by atoms with E-state index in [2.05, 4.69) is 0 Å². The first-order valence-electron chi connectivity index (χ1n) is 6.65. The highest BCUT2D eigenvalue weighted by Gasteiger charge is 2.34. The van der Waals surface area contributed by atoms with Crippen molar-refractivity contribution < 1.29 is 29.7 Å². The minimum Gasteiger partial charge on any atom is -0.481 e. The average molecular weight is 298 g/mol. The summed E-state index contributed by atoms with van der Waals surface area (Å²) in [5.74, 6) is -2.25. The number of carboxylic acids is 3. The summed E-state index contributed by atoms with van der Waals surface area (Å²) in [6.07, 6.45) is 5.52. The van der Waals surface area contributed by atoms with E-state index < -0.39 is 23.3 Å².